The molecule has 1 saturated heterocycles. The van der Waals surface area contributed by atoms with Gasteiger partial charge in [-0.2, -0.15) is 0 Å². The number of nitrogens with zero attached hydrogens (tertiary/aromatic N) is 2. The average Bonchev–Trinajstić information content (AvgIpc) is 3.04. The first kappa shape index (κ1) is 14.8. The molecule has 0 bridgehead atoms. The first-order valence-corrected chi connectivity index (χ1v) is 7.53. The number of carboxylic acids is 1. The number of rotatable bonds is 4. The van der Waals surface area contributed by atoms with E-state index in [0.717, 1.165) is 0 Å². The van der Waals surface area contributed by atoms with Gasteiger partial charge in [-0.1, -0.05) is 0 Å². The Morgan fingerprint density at radius 1 is 1.60 bits per heavy atom. The fourth-order valence-corrected chi connectivity index (χ4v) is 3.35. The maximum atomic E-state index is 12.6. The van der Waals surface area contributed by atoms with E-state index in [2.05, 4.69) is 0 Å². The molecule has 1 aliphatic rings. The second kappa shape index (κ2) is 6.21. The Kier molecular flexibility index (Phi) is 4.59. The number of thioether (sulfide) groups is 1. The highest BCUT2D eigenvalue weighted by molar-refractivity contribution is 8.00. The predicted molar refractivity (Wildman–Crippen MR) is 75.4 cm³/mol. The number of carbonyl (C=O) groups excluding carboxylic acids is 1. The molecule has 7 heteroatoms. The van der Waals surface area contributed by atoms with E-state index >= 15 is 0 Å². The molecule has 20 heavy (non-hydrogen) atoms. The molecule has 1 fully saturated rings. The van der Waals surface area contributed by atoms with Crippen LogP contribution in [0.25, 0.3) is 0 Å². The van der Waals surface area contributed by atoms with Gasteiger partial charge >= 0.3 is 12.0 Å². The molecule has 0 aliphatic carbocycles. The summed E-state index contributed by atoms with van der Waals surface area (Å²) in [7, 11) is 0. The molecule has 1 aliphatic heterocycles. The number of carbonyl (C=O) groups is 2. The van der Waals surface area contributed by atoms with E-state index in [1.54, 1.807) is 23.3 Å². The number of urea groups is 1. The lowest BCUT2D eigenvalue weighted by Gasteiger charge is -2.31. The van der Waals surface area contributed by atoms with Crippen LogP contribution in [0.1, 0.15) is 19.6 Å². The van der Waals surface area contributed by atoms with Gasteiger partial charge in [-0.3, -0.25) is 4.90 Å². The van der Waals surface area contributed by atoms with Crippen molar-refractivity contribution in [1.29, 1.82) is 0 Å². The van der Waals surface area contributed by atoms with Gasteiger partial charge in [0.2, 0.25) is 0 Å². The van der Waals surface area contributed by atoms with Gasteiger partial charge in [0.25, 0.3) is 0 Å². The van der Waals surface area contributed by atoms with Crippen LogP contribution in [0.15, 0.2) is 22.8 Å². The quantitative estimate of drug-likeness (QED) is 0.921. The summed E-state index contributed by atoms with van der Waals surface area (Å²) in [6.45, 7) is 4.57. The van der Waals surface area contributed by atoms with E-state index in [1.165, 1.54) is 16.7 Å². The molecule has 1 aromatic rings. The summed E-state index contributed by atoms with van der Waals surface area (Å²) < 4.78 is 5.25. The average molecular weight is 298 g/mol. The van der Waals surface area contributed by atoms with Crippen molar-refractivity contribution >= 4 is 23.8 Å². The van der Waals surface area contributed by atoms with Crippen LogP contribution in [0, 0.1) is 0 Å². The van der Waals surface area contributed by atoms with Crippen molar-refractivity contribution in [3.63, 3.8) is 0 Å². The lowest BCUT2D eigenvalue weighted by Crippen LogP contribution is -2.50. The number of hydrogen-bond donors (Lipinski definition) is 1. The van der Waals surface area contributed by atoms with Crippen molar-refractivity contribution in [3.05, 3.63) is 24.2 Å². The Labute approximate surface area is 121 Å². The van der Waals surface area contributed by atoms with Crippen molar-refractivity contribution < 1.29 is 19.1 Å². The van der Waals surface area contributed by atoms with Gasteiger partial charge in [0, 0.05) is 12.3 Å². The molecular formula is C13H18N2O4S. The molecule has 0 saturated carbocycles. The number of hydrogen-bond acceptors (Lipinski definition) is 4. The van der Waals surface area contributed by atoms with Crippen LogP contribution in [0.4, 0.5) is 4.79 Å². The van der Waals surface area contributed by atoms with E-state index < -0.39 is 12.0 Å². The van der Waals surface area contributed by atoms with E-state index in [9.17, 15) is 14.7 Å². The minimum Gasteiger partial charge on any atom is -0.480 e. The normalized spacial score (nSPS) is 22.0. The van der Waals surface area contributed by atoms with Crippen LogP contribution in [-0.4, -0.2) is 50.6 Å². The molecule has 0 aromatic carbocycles. The molecule has 110 valence electrons. The largest absolute Gasteiger partial charge is 0.480 e. The van der Waals surface area contributed by atoms with Gasteiger partial charge in [-0.15, -0.1) is 11.8 Å². The first-order valence-electron chi connectivity index (χ1n) is 6.48. The highest BCUT2D eigenvalue weighted by atomic mass is 32.2. The molecule has 2 atom stereocenters. The summed E-state index contributed by atoms with van der Waals surface area (Å²) in [4.78, 5) is 26.8. The maximum Gasteiger partial charge on any atom is 0.327 e. The van der Waals surface area contributed by atoms with E-state index in [0.29, 0.717) is 24.6 Å². The number of carboxylic acid groups (broad SMARTS) is 1. The monoisotopic (exact) mass is 298 g/mol. The molecular weight excluding hydrogens is 280 g/mol. The minimum atomic E-state index is -0.954. The zero-order valence-corrected chi connectivity index (χ0v) is 12.3. The lowest BCUT2D eigenvalue weighted by atomic mass is 10.3. The summed E-state index contributed by atoms with van der Waals surface area (Å²) in [6, 6.07) is 2.55. The van der Waals surface area contributed by atoms with Crippen LogP contribution in [0.2, 0.25) is 0 Å². The van der Waals surface area contributed by atoms with Crippen molar-refractivity contribution in [2.24, 2.45) is 0 Å². The summed E-state index contributed by atoms with van der Waals surface area (Å²) in [5.41, 5.74) is 0. The Bertz CT molecular complexity index is 477. The van der Waals surface area contributed by atoms with E-state index in [4.69, 9.17) is 4.42 Å². The molecule has 2 rings (SSSR count). The second-order valence-corrected chi connectivity index (χ2v) is 5.92. The van der Waals surface area contributed by atoms with Crippen LogP contribution in [-0.2, 0) is 11.3 Å². The van der Waals surface area contributed by atoms with Crippen LogP contribution >= 0.6 is 11.8 Å². The first-order chi connectivity index (χ1) is 9.54. The molecule has 2 heterocycles. The number of amides is 2. The Balaban J connectivity index is 2.12. The lowest BCUT2D eigenvalue weighted by molar-refractivity contribution is -0.141. The third kappa shape index (κ3) is 2.92. The highest BCUT2D eigenvalue weighted by Crippen LogP contribution is 2.30. The van der Waals surface area contributed by atoms with Crippen molar-refractivity contribution in [3.8, 4) is 0 Å². The van der Waals surface area contributed by atoms with E-state index in [-0.39, 0.29) is 11.4 Å². The number of aliphatic carboxylic acids is 1. The Morgan fingerprint density at radius 2 is 2.35 bits per heavy atom. The summed E-state index contributed by atoms with van der Waals surface area (Å²) in [6.07, 6.45) is 1.56. The van der Waals surface area contributed by atoms with Gasteiger partial charge in [0.15, 0.2) is 0 Å². The SMILES string of the molecule is CCN(Cc1ccco1)C(=O)N1C(C)SCC1C(=O)O. The Hall–Kier alpha value is -1.63. The smallest absolute Gasteiger partial charge is 0.327 e. The zero-order chi connectivity index (χ0) is 14.7. The van der Waals surface area contributed by atoms with E-state index in [1.807, 2.05) is 13.8 Å². The fraction of sp³-hybridized carbons (Fsp3) is 0.538. The molecule has 2 unspecified atom stereocenters. The highest BCUT2D eigenvalue weighted by Gasteiger charge is 2.41. The topological polar surface area (TPSA) is 74.0 Å². The fourth-order valence-electron chi connectivity index (χ4n) is 2.19. The maximum absolute atomic E-state index is 12.6. The van der Waals surface area contributed by atoms with Gasteiger partial charge in [-0.05, 0) is 26.0 Å². The zero-order valence-electron chi connectivity index (χ0n) is 11.5. The molecule has 6 nitrogen and oxygen atoms in total. The van der Waals surface area contributed by atoms with Gasteiger partial charge < -0.3 is 14.4 Å². The van der Waals surface area contributed by atoms with Gasteiger partial charge in [-0.25, -0.2) is 9.59 Å². The number of furan rings is 1. The van der Waals surface area contributed by atoms with Crippen LogP contribution in [0.5, 0.6) is 0 Å². The van der Waals surface area contributed by atoms with Gasteiger partial charge in [0.05, 0.1) is 18.2 Å². The van der Waals surface area contributed by atoms with Crippen molar-refractivity contribution in [2.75, 3.05) is 12.3 Å². The summed E-state index contributed by atoms with van der Waals surface area (Å²) >= 11 is 1.48. The van der Waals surface area contributed by atoms with Crippen LogP contribution in [0.3, 0.4) is 0 Å². The molecule has 0 spiro atoms. The second-order valence-electron chi connectivity index (χ2n) is 4.57. The molecule has 2 amide bonds. The van der Waals surface area contributed by atoms with Gasteiger partial charge in [0.1, 0.15) is 11.8 Å². The van der Waals surface area contributed by atoms with Crippen molar-refractivity contribution in [1.82, 2.24) is 9.80 Å². The Morgan fingerprint density at radius 3 is 2.90 bits per heavy atom. The van der Waals surface area contributed by atoms with Crippen LogP contribution < -0.4 is 0 Å². The molecule has 0 radical (unpaired) electrons. The summed E-state index contributed by atoms with van der Waals surface area (Å²) in [5, 5.41) is 9.09. The summed E-state index contributed by atoms with van der Waals surface area (Å²) in [5.74, 6) is 0.163. The molecule has 1 aromatic heterocycles. The van der Waals surface area contributed by atoms with Crippen molar-refractivity contribution in [2.45, 2.75) is 31.8 Å². The standard InChI is InChI=1S/C13H18N2O4S/c1-3-14(7-10-5-4-6-19-10)13(18)15-9(2)20-8-11(15)12(16)17/h4-6,9,11H,3,7-8H2,1-2H3,(H,16,17). The third-order valence-electron chi connectivity index (χ3n) is 3.31. The predicted octanol–water partition coefficient (Wildman–Crippen LogP) is 2.07. The minimum absolute atomic E-state index is 0.130. The molecule has 1 N–H and O–H groups in total. The third-order valence-corrected chi connectivity index (χ3v) is 4.53.